The molecule has 2 aromatic rings. The molecule has 1 aromatic heterocycles. The number of nitrogens with zero attached hydrogens (tertiary/aromatic N) is 3. The van der Waals surface area contributed by atoms with Crippen LogP contribution in [0.25, 0.3) is 0 Å². The average molecular weight is 341 g/mol. The molecule has 7 nitrogen and oxygen atoms in total. The summed E-state index contributed by atoms with van der Waals surface area (Å²) in [5, 5.41) is 17.6. The van der Waals surface area contributed by atoms with Crippen molar-refractivity contribution in [1.82, 2.24) is 15.5 Å². The van der Waals surface area contributed by atoms with Gasteiger partial charge in [0.2, 0.25) is 5.89 Å². The van der Waals surface area contributed by atoms with Crippen LogP contribution in [0, 0.1) is 17.0 Å². The van der Waals surface area contributed by atoms with Crippen LogP contribution in [-0.4, -0.2) is 21.6 Å². The minimum Gasteiger partial charge on any atom is -0.339 e. The lowest BCUT2D eigenvalue weighted by molar-refractivity contribution is -0.385. The number of rotatable bonds is 6. The van der Waals surface area contributed by atoms with Crippen molar-refractivity contribution < 1.29 is 9.45 Å². The van der Waals surface area contributed by atoms with Crippen molar-refractivity contribution in [1.29, 1.82) is 0 Å². The molecule has 0 saturated carbocycles. The number of nitro benzene ring substituents is 1. The second-order valence-corrected chi connectivity index (χ2v) is 5.15. The fourth-order valence-electron chi connectivity index (χ4n) is 1.71. The van der Waals surface area contributed by atoms with Crippen molar-refractivity contribution in [2.24, 2.45) is 0 Å². The standard InChI is InChI=1S/C12H13BrN4O3/c1-8-15-12(20-16-8)2-3-14-7-9-4-10(13)6-11(5-9)17(18)19/h4-6,14H,2-3,7H2,1H3. The first kappa shape index (κ1) is 14.6. The predicted octanol–water partition coefficient (Wildman–Crippen LogP) is 2.38. The third-order valence-electron chi connectivity index (χ3n) is 2.57. The van der Waals surface area contributed by atoms with Crippen molar-refractivity contribution >= 4 is 21.6 Å². The molecule has 0 spiro atoms. The summed E-state index contributed by atoms with van der Waals surface area (Å²) in [5.74, 6) is 1.19. The third-order valence-corrected chi connectivity index (χ3v) is 3.03. The number of halogens is 1. The monoisotopic (exact) mass is 340 g/mol. The van der Waals surface area contributed by atoms with Gasteiger partial charge in [0, 0.05) is 36.1 Å². The average Bonchev–Trinajstić information content (AvgIpc) is 2.80. The molecule has 1 heterocycles. The first-order valence-electron chi connectivity index (χ1n) is 5.98. The molecule has 1 N–H and O–H groups in total. The Bertz CT molecular complexity index is 614. The molecular weight excluding hydrogens is 328 g/mol. The van der Waals surface area contributed by atoms with Crippen molar-refractivity contribution in [3.05, 3.63) is 50.1 Å². The first-order chi connectivity index (χ1) is 9.54. The van der Waals surface area contributed by atoms with Gasteiger partial charge < -0.3 is 9.84 Å². The second kappa shape index (κ2) is 6.58. The zero-order valence-electron chi connectivity index (χ0n) is 10.8. The summed E-state index contributed by atoms with van der Waals surface area (Å²) in [6.07, 6.45) is 0.622. The number of hydrogen-bond donors (Lipinski definition) is 1. The minimum atomic E-state index is -0.407. The molecule has 0 bridgehead atoms. The molecule has 106 valence electrons. The van der Waals surface area contributed by atoms with Crippen LogP contribution in [0.1, 0.15) is 17.3 Å². The third kappa shape index (κ3) is 4.10. The normalized spacial score (nSPS) is 10.7. The maximum absolute atomic E-state index is 10.8. The van der Waals surface area contributed by atoms with Gasteiger partial charge in [-0.05, 0) is 18.6 Å². The number of hydrogen-bond acceptors (Lipinski definition) is 6. The van der Waals surface area contributed by atoms with Crippen LogP contribution in [0.4, 0.5) is 5.69 Å². The summed E-state index contributed by atoms with van der Waals surface area (Å²) in [6.45, 7) is 2.95. The van der Waals surface area contributed by atoms with Gasteiger partial charge in [0.05, 0.1) is 4.92 Å². The maximum Gasteiger partial charge on any atom is 0.270 e. The molecule has 0 aliphatic carbocycles. The molecule has 2 rings (SSSR count). The largest absolute Gasteiger partial charge is 0.339 e. The Labute approximate surface area is 123 Å². The predicted molar refractivity (Wildman–Crippen MR) is 75.2 cm³/mol. The van der Waals surface area contributed by atoms with E-state index >= 15 is 0 Å². The highest BCUT2D eigenvalue weighted by molar-refractivity contribution is 9.10. The Hall–Kier alpha value is -1.80. The Balaban J connectivity index is 1.86. The quantitative estimate of drug-likeness (QED) is 0.492. The summed E-state index contributed by atoms with van der Waals surface area (Å²) in [4.78, 5) is 14.4. The van der Waals surface area contributed by atoms with Gasteiger partial charge in [-0.25, -0.2) is 0 Å². The Morgan fingerprint density at radius 2 is 2.25 bits per heavy atom. The highest BCUT2D eigenvalue weighted by Crippen LogP contribution is 2.21. The van der Waals surface area contributed by atoms with E-state index in [1.54, 1.807) is 13.0 Å². The van der Waals surface area contributed by atoms with Crippen LogP contribution in [0.3, 0.4) is 0 Å². The molecule has 1 aromatic carbocycles. The van der Waals surface area contributed by atoms with Crippen LogP contribution in [0.5, 0.6) is 0 Å². The lowest BCUT2D eigenvalue weighted by Crippen LogP contribution is -2.17. The van der Waals surface area contributed by atoms with E-state index < -0.39 is 4.92 Å². The van der Waals surface area contributed by atoms with Gasteiger partial charge in [0.15, 0.2) is 5.82 Å². The van der Waals surface area contributed by atoms with E-state index in [9.17, 15) is 10.1 Å². The molecule has 0 amide bonds. The van der Waals surface area contributed by atoms with Gasteiger partial charge in [-0.1, -0.05) is 21.1 Å². The van der Waals surface area contributed by atoms with Gasteiger partial charge in [-0.3, -0.25) is 10.1 Å². The van der Waals surface area contributed by atoms with Gasteiger partial charge in [-0.15, -0.1) is 0 Å². The zero-order chi connectivity index (χ0) is 14.5. The number of non-ortho nitro benzene ring substituents is 1. The van der Waals surface area contributed by atoms with Gasteiger partial charge in [-0.2, -0.15) is 4.98 Å². The Morgan fingerprint density at radius 3 is 2.90 bits per heavy atom. The zero-order valence-corrected chi connectivity index (χ0v) is 12.4. The molecule has 0 aliphatic heterocycles. The van der Waals surface area contributed by atoms with Crippen LogP contribution in [0.2, 0.25) is 0 Å². The summed E-state index contributed by atoms with van der Waals surface area (Å²) in [7, 11) is 0. The van der Waals surface area contributed by atoms with Crippen LogP contribution in [-0.2, 0) is 13.0 Å². The van der Waals surface area contributed by atoms with Crippen LogP contribution >= 0.6 is 15.9 Å². The Kier molecular flexibility index (Phi) is 4.80. The van der Waals surface area contributed by atoms with Crippen molar-refractivity contribution in [2.45, 2.75) is 19.9 Å². The summed E-state index contributed by atoms with van der Waals surface area (Å²) >= 11 is 3.26. The van der Waals surface area contributed by atoms with E-state index in [0.29, 0.717) is 35.7 Å². The second-order valence-electron chi connectivity index (χ2n) is 4.24. The molecule has 0 fully saturated rings. The smallest absolute Gasteiger partial charge is 0.270 e. The van der Waals surface area contributed by atoms with Crippen molar-refractivity contribution in [3.63, 3.8) is 0 Å². The summed E-state index contributed by atoms with van der Waals surface area (Å²) < 4.78 is 5.68. The minimum absolute atomic E-state index is 0.0729. The summed E-state index contributed by atoms with van der Waals surface area (Å²) in [5.41, 5.74) is 0.913. The van der Waals surface area contributed by atoms with E-state index in [0.717, 1.165) is 5.56 Å². The first-order valence-corrected chi connectivity index (χ1v) is 6.77. The molecule has 0 unspecified atom stereocenters. The molecular formula is C12H13BrN4O3. The summed E-state index contributed by atoms with van der Waals surface area (Å²) in [6, 6.07) is 4.87. The SMILES string of the molecule is Cc1noc(CCNCc2cc(Br)cc([N+](=O)[O-])c2)n1. The maximum atomic E-state index is 10.8. The molecule has 8 heteroatoms. The van der Waals surface area contributed by atoms with Gasteiger partial charge >= 0.3 is 0 Å². The molecule has 0 aliphatic rings. The number of nitro groups is 1. The molecule has 0 atom stereocenters. The van der Waals surface area contributed by atoms with Gasteiger partial charge in [0.25, 0.3) is 5.69 Å². The number of benzene rings is 1. The van der Waals surface area contributed by atoms with E-state index in [1.165, 1.54) is 6.07 Å². The van der Waals surface area contributed by atoms with E-state index in [-0.39, 0.29) is 5.69 Å². The highest BCUT2D eigenvalue weighted by Gasteiger charge is 2.08. The topological polar surface area (TPSA) is 94.1 Å². The van der Waals surface area contributed by atoms with Gasteiger partial charge in [0.1, 0.15) is 0 Å². The Morgan fingerprint density at radius 1 is 1.45 bits per heavy atom. The number of aromatic nitrogens is 2. The van der Waals surface area contributed by atoms with Crippen LogP contribution in [0.15, 0.2) is 27.2 Å². The van der Waals surface area contributed by atoms with Crippen LogP contribution < -0.4 is 5.32 Å². The molecule has 0 saturated heterocycles. The molecule has 20 heavy (non-hydrogen) atoms. The molecule has 0 radical (unpaired) electrons. The van der Waals surface area contributed by atoms with Crippen molar-refractivity contribution in [2.75, 3.05) is 6.54 Å². The van der Waals surface area contributed by atoms with E-state index in [1.807, 2.05) is 6.07 Å². The fourth-order valence-corrected chi connectivity index (χ4v) is 2.24. The fraction of sp³-hybridized carbons (Fsp3) is 0.333. The highest BCUT2D eigenvalue weighted by atomic mass is 79.9. The number of aryl methyl sites for hydroxylation is 1. The van der Waals surface area contributed by atoms with Crippen molar-refractivity contribution in [3.8, 4) is 0 Å². The lowest BCUT2D eigenvalue weighted by atomic mass is 10.2. The van der Waals surface area contributed by atoms with E-state index in [4.69, 9.17) is 4.52 Å². The number of nitrogens with one attached hydrogen (secondary N) is 1. The lowest BCUT2D eigenvalue weighted by Gasteiger charge is -2.04. The van der Waals surface area contributed by atoms with E-state index in [2.05, 4.69) is 31.4 Å².